The molecule has 1 heterocycles. The molecule has 0 bridgehead atoms. The summed E-state index contributed by atoms with van der Waals surface area (Å²) in [5, 5.41) is 3.28. The summed E-state index contributed by atoms with van der Waals surface area (Å²) < 4.78 is 13.9. The lowest BCUT2D eigenvalue weighted by atomic mass is 9.89. The van der Waals surface area contributed by atoms with E-state index in [-0.39, 0.29) is 11.7 Å². The number of hydrogen-bond acceptors (Lipinski definition) is 3. The normalized spacial score (nSPS) is 15.5. The van der Waals surface area contributed by atoms with E-state index in [0.717, 1.165) is 64.7 Å². The zero-order valence-corrected chi connectivity index (χ0v) is 22.7. The number of hydrogen-bond donors (Lipinski definition) is 1. The van der Waals surface area contributed by atoms with Crippen LogP contribution in [-0.4, -0.2) is 10.7 Å². The highest BCUT2D eigenvalue weighted by molar-refractivity contribution is 6.03. The van der Waals surface area contributed by atoms with E-state index >= 15 is 0 Å². The first-order valence-electron chi connectivity index (χ1n) is 13.2. The maximum Gasteiger partial charge on any atom is 0.133 e. The third-order valence-corrected chi connectivity index (χ3v) is 6.89. The van der Waals surface area contributed by atoms with Gasteiger partial charge in [0.05, 0.1) is 5.71 Å². The summed E-state index contributed by atoms with van der Waals surface area (Å²) in [6.07, 6.45) is 10.00. The minimum Gasteiger partial charge on any atom is -0.347 e. The predicted molar refractivity (Wildman–Crippen MR) is 150 cm³/mol. The van der Waals surface area contributed by atoms with Gasteiger partial charge in [-0.15, -0.1) is 0 Å². The van der Waals surface area contributed by atoms with Crippen molar-refractivity contribution >= 4 is 5.71 Å². The molecule has 0 aliphatic heterocycles. The van der Waals surface area contributed by atoms with E-state index in [9.17, 15) is 4.39 Å². The van der Waals surface area contributed by atoms with Crippen LogP contribution in [0.2, 0.25) is 0 Å². The number of halogens is 1. The molecule has 1 aliphatic rings. The van der Waals surface area contributed by atoms with Crippen molar-refractivity contribution in [3.8, 4) is 0 Å². The Morgan fingerprint density at radius 2 is 2.00 bits per heavy atom. The van der Waals surface area contributed by atoms with Crippen molar-refractivity contribution in [1.82, 2.24) is 10.3 Å². The second kappa shape index (κ2) is 12.8. The quantitative estimate of drug-likeness (QED) is 0.229. The maximum absolute atomic E-state index is 13.9. The summed E-state index contributed by atoms with van der Waals surface area (Å²) in [5.41, 5.74) is 7.04. The van der Waals surface area contributed by atoms with Crippen LogP contribution in [-0.2, 0) is 12.8 Å². The van der Waals surface area contributed by atoms with E-state index in [4.69, 9.17) is 9.98 Å². The maximum atomic E-state index is 13.9. The zero-order chi connectivity index (χ0) is 26.2. The minimum atomic E-state index is -0.172. The van der Waals surface area contributed by atoms with Crippen LogP contribution in [0.5, 0.6) is 0 Å². The molecule has 0 saturated heterocycles. The molecule has 1 aromatic carbocycles. The van der Waals surface area contributed by atoms with Gasteiger partial charge in [-0.05, 0) is 98.0 Å². The summed E-state index contributed by atoms with van der Waals surface area (Å²) in [6, 6.07) is 9.51. The Balaban J connectivity index is 2.07. The molecule has 0 spiro atoms. The Bertz CT molecular complexity index is 1140. The number of allylic oxidation sites excluding steroid dienone is 2. The van der Waals surface area contributed by atoms with Gasteiger partial charge in [0.15, 0.2) is 0 Å². The summed E-state index contributed by atoms with van der Waals surface area (Å²) in [4.78, 5) is 10.0. The van der Waals surface area contributed by atoms with Gasteiger partial charge in [0.2, 0.25) is 0 Å². The summed E-state index contributed by atoms with van der Waals surface area (Å²) in [5.74, 6) is 2.03. The van der Waals surface area contributed by atoms with Crippen LogP contribution in [0.1, 0.15) is 75.8 Å². The average molecular weight is 488 g/mol. The van der Waals surface area contributed by atoms with E-state index in [2.05, 4.69) is 52.2 Å². The Morgan fingerprint density at radius 1 is 1.25 bits per heavy atom. The molecular formula is C32H42FN3. The van der Waals surface area contributed by atoms with Gasteiger partial charge < -0.3 is 5.32 Å². The van der Waals surface area contributed by atoms with Crippen molar-refractivity contribution < 1.29 is 4.39 Å². The fourth-order valence-electron chi connectivity index (χ4n) is 4.59. The molecule has 1 fully saturated rings. The lowest BCUT2D eigenvalue weighted by Gasteiger charge is -2.20. The van der Waals surface area contributed by atoms with E-state index in [0.29, 0.717) is 11.5 Å². The van der Waals surface area contributed by atoms with E-state index in [1.54, 1.807) is 12.3 Å². The van der Waals surface area contributed by atoms with Crippen LogP contribution in [0, 0.1) is 30.5 Å². The molecule has 1 unspecified atom stereocenters. The standard InChI is InChI=1S/C32H42FN3/c1-8-34-32(25(7)22(4)18-21(2)3)36-31(24(6)20-27-13-15-29(33)23(5)19-27)28-10-9-17-35-30(28)16-14-26-11-12-26/h8-10,13,15,17,19,21,24,26,34H,1,4,11-12,14,16,18,20H2,2-3,5-7H3/b32-25+,36-31+. The van der Waals surface area contributed by atoms with Gasteiger partial charge in [-0.3, -0.25) is 4.98 Å². The number of aryl methyl sites for hydroxylation is 2. The predicted octanol–water partition coefficient (Wildman–Crippen LogP) is 8.11. The number of benzene rings is 1. The van der Waals surface area contributed by atoms with Gasteiger partial charge in [-0.25, -0.2) is 9.38 Å². The van der Waals surface area contributed by atoms with Gasteiger partial charge in [0.25, 0.3) is 0 Å². The molecule has 1 aromatic heterocycles. The van der Waals surface area contributed by atoms with Crippen molar-refractivity contribution in [3.63, 3.8) is 0 Å². The van der Waals surface area contributed by atoms with Crippen molar-refractivity contribution in [1.29, 1.82) is 0 Å². The fraction of sp³-hybridized carbons (Fsp3) is 0.438. The second-order valence-electron chi connectivity index (χ2n) is 10.7. The average Bonchev–Trinajstić information content (AvgIpc) is 3.66. The largest absolute Gasteiger partial charge is 0.347 e. The number of pyridine rings is 1. The van der Waals surface area contributed by atoms with Crippen LogP contribution in [0.3, 0.4) is 0 Å². The second-order valence-corrected chi connectivity index (χ2v) is 10.7. The van der Waals surface area contributed by atoms with Crippen LogP contribution in [0.4, 0.5) is 4.39 Å². The Kier molecular flexibility index (Phi) is 9.81. The molecule has 0 amide bonds. The molecule has 1 N–H and O–H groups in total. The van der Waals surface area contributed by atoms with E-state index < -0.39 is 0 Å². The third kappa shape index (κ3) is 7.74. The van der Waals surface area contributed by atoms with Crippen molar-refractivity contribution in [2.24, 2.45) is 22.7 Å². The van der Waals surface area contributed by atoms with Crippen molar-refractivity contribution in [2.75, 3.05) is 0 Å². The molecule has 3 rings (SSSR count). The topological polar surface area (TPSA) is 37.3 Å². The number of aromatic nitrogens is 1. The van der Waals surface area contributed by atoms with Crippen LogP contribution in [0.25, 0.3) is 0 Å². The molecule has 36 heavy (non-hydrogen) atoms. The van der Waals surface area contributed by atoms with Crippen LogP contribution >= 0.6 is 0 Å². The van der Waals surface area contributed by atoms with Crippen molar-refractivity contribution in [3.05, 3.63) is 101 Å². The SMILES string of the molecule is C=CNC(/N=C(/c1cccnc1CCC1CC1)C(C)Cc1ccc(F)c(C)c1)=C(/C)C(=C)CC(C)C. The highest BCUT2D eigenvalue weighted by Crippen LogP contribution is 2.34. The van der Waals surface area contributed by atoms with Crippen LogP contribution < -0.4 is 5.32 Å². The summed E-state index contributed by atoms with van der Waals surface area (Å²) in [7, 11) is 0. The number of nitrogens with one attached hydrogen (secondary N) is 1. The Labute approximate surface area is 217 Å². The fourth-order valence-corrected chi connectivity index (χ4v) is 4.59. The molecule has 4 heteroatoms. The molecular weight excluding hydrogens is 445 g/mol. The molecule has 1 aliphatic carbocycles. The first kappa shape index (κ1) is 27.6. The molecule has 0 radical (unpaired) electrons. The summed E-state index contributed by atoms with van der Waals surface area (Å²) >= 11 is 0. The van der Waals surface area contributed by atoms with Crippen molar-refractivity contribution in [2.45, 2.75) is 73.1 Å². The number of rotatable bonds is 13. The zero-order valence-electron chi connectivity index (χ0n) is 22.7. The monoisotopic (exact) mass is 487 g/mol. The minimum absolute atomic E-state index is 0.0894. The van der Waals surface area contributed by atoms with Gasteiger partial charge in [-0.1, -0.05) is 58.9 Å². The molecule has 2 aromatic rings. The first-order chi connectivity index (χ1) is 17.2. The highest BCUT2D eigenvalue weighted by atomic mass is 19.1. The number of aliphatic imine (C=N–C) groups is 1. The molecule has 192 valence electrons. The third-order valence-electron chi connectivity index (χ3n) is 6.89. The van der Waals surface area contributed by atoms with Gasteiger partial charge in [-0.2, -0.15) is 0 Å². The smallest absolute Gasteiger partial charge is 0.133 e. The Morgan fingerprint density at radius 3 is 2.64 bits per heavy atom. The highest BCUT2D eigenvalue weighted by Gasteiger charge is 2.24. The summed E-state index contributed by atoms with van der Waals surface area (Å²) in [6.45, 7) is 18.7. The Hall–Kier alpha value is -3.01. The van der Waals surface area contributed by atoms with Crippen LogP contribution in [0.15, 0.2) is 77.8 Å². The molecule has 1 saturated carbocycles. The van der Waals surface area contributed by atoms with E-state index in [1.807, 2.05) is 31.3 Å². The first-order valence-corrected chi connectivity index (χ1v) is 13.2. The van der Waals surface area contributed by atoms with E-state index in [1.165, 1.54) is 19.3 Å². The van der Waals surface area contributed by atoms with Gasteiger partial charge in [0, 0.05) is 23.4 Å². The van der Waals surface area contributed by atoms with Gasteiger partial charge in [0.1, 0.15) is 11.6 Å². The molecule has 1 atom stereocenters. The molecule has 3 nitrogen and oxygen atoms in total. The lowest BCUT2D eigenvalue weighted by molar-refractivity contribution is 0.616. The van der Waals surface area contributed by atoms with Gasteiger partial charge >= 0.3 is 0 Å². The number of nitrogens with zero attached hydrogens (tertiary/aromatic N) is 2. The lowest BCUT2D eigenvalue weighted by Crippen LogP contribution is -2.20.